The number of rotatable bonds is 15. The van der Waals surface area contributed by atoms with Crippen molar-refractivity contribution in [2.24, 2.45) is 11.8 Å². The summed E-state index contributed by atoms with van der Waals surface area (Å²) >= 11 is 2.40. The van der Waals surface area contributed by atoms with Gasteiger partial charge in [0.2, 0.25) is 0 Å². The Morgan fingerprint density at radius 2 is 1.56 bits per heavy atom. The molecule has 45 heavy (non-hydrogen) atoms. The minimum absolute atomic E-state index is 0.108. The van der Waals surface area contributed by atoms with Crippen LogP contribution in [0, 0.1) is 15.4 Å². The fourth-order valence-electron chi connectivity index (χ4n) is 7.25. The van der Waals surface area contributed by atoms with Crippen molar-refractivity contribution >= 4 is 47.3 Å². The second kappa shape index (κ2) is 15.3. The number of nitrogens with zero attached hydrogens (tertiary/aromatic N) is 1. The Morgan fingerprint density at radius 3 is 2.07 bits per heavy atom. The summed E-state index contributed by atoms with van der Waals surface area (Å²) in [6, 6.07) is 20.4. The zero-order chi connectivity index (χ0) is 32.8. The molecule has 1 heterocycles. The molecule has 1 aromatic heterocycles. The lowest BCUT2D eigenvalue weighted by molar-refractivity contribution is -0.155. The number of ether oxygens (including phenoxy) is 1. The van der Waals surface area contributed by atoms with Gasteiger partial charge in [-0.05, 0) is 103 Å². The molecule has 0 aliphatic heterocycles. The van der Waals surface area contributed by atoms with E-state index in [4.69, 9.17) is 9.26 Å². The summed E-state index contributed by atoms with van der Waals surface area (Å²) in [4.78, 5) is 25.8. The Bertz CT molecular complexity index is 1320. The summed E-state index contributed by atoms with van der Waals surface area (Å²) in [5, 5.41) is 6.30. The summed E-state index contributed by atoms with van der Waals surface area (Å²) in [5.41, 5.74) is 0.339. The van der Waals surface area contributed by atoms with E-state index in [0.717, 1.165) is 69.3 Å². The first kappa shape index (κ1) is 35.9. The van der Waals surface area contributed by atoms with Gasteiger partial charge in [0.05, 0.1) is 9.99 Å². The minimum Gasteiger partial charge on any atom is -0.460 e. The number of aromatic nitrogens is 1. The zero-order valence-electron chi connectivity index (χ0n) is 28.4. The summed E-state index contributed by atoms with van der Waals surface area (Å²) < 4.78 is 12.9. The summed E-state index contributed by atoms with van der Waals surface area (Å²) in [6.07, 6.45) is 8.81. The highest BCUT2D eigenvalue weighted by Gasteiger charge is 2.49. The Kier molecular flexibility index (Phi) is 12.2. The molecule has 1 unspecified atom stereocenters. The Balaban J connectivity index is 1.52. The zero-order valence-corrected chi connectivity index (χ0v) is 31.6. The third-order valence-corrected chi connectivity index (χ3v) is 15.7. The summed E-state index contributed by atoms with van der Waals surface area (Å²) in [5.74, 6) is 2.67. The quantitative estimate of drug-likeness (QED) is 0.0956. The number of esters is 1. The van der Waals surface area contributed by atoms with Crippen molar-refractivity contribution in [3.05, 3.63) is 75.7 Å². The third-order valence-electron chi connectivity index (χ3n) is 10.0. The highest BCUT2D eigenvalue weighted by molar-refractivity contribution is 14.1. The van der Waals surface area contributed by atoms with Crippen LogP contribution in [0.5, 0.6) is 0 Å². The van der Waals surface area contributed by atoms with Gasteiger partial charge in [0.15, 0.2) is 5.76 Å². The monoisotopic (exact) mass is 743 g/mol. The van der Waals surface area contributed by atoms with E-state index in [1.807, 2.05) is 57.2 Å². The van der Waals surface area contributed by atoms with Gasteiger partial charge in [-0.2, -0.15) is 0 Å². The van der Waals surface area contributed by atoms with Crippen LogP contribution in [0.1, 0.15) is 130 Å². The molecule has 0 spiro atoms. The maximum Gasteiger partial charge on any atom is 0.306 e. The van der Waals surface area contributed by atoms with Crippen LogP contribution >= 0.6 is 22.6 Å². The van der Waals surface area contributed by atoms with E-state index in [0.29, 0.717) is 5.92 Å². The normalized spacial score (nSPS) is 18.1. The van der Waals surface area contributed by atoms with Gasteiger partial charge in [0, 0.05) is 11.8 Å². The maximum atomic E-state index is 13.1. The number of carbonyl (C=O) groups is 1. The maximum absolute atomic E-state index is 13.1. The standard InChI is InChI=1S/C38H54INO4Si/c1-8-27(9-2)23-28-24-30(25-28)36-34(39)35(40-44-36)29(26-33(41)43-37(3,4)5)17-16-22-38(6,7)45(42,31-18-12-10-13-19-31)32-20-14-11-15-21-32/h10-15,18-21,27-30,42H,8-9,16-17,22-26H2,1-7H3. The van der Waals surface area contributed by atoms with Gasteiger partial charge in [-0.1, -0.05) is 113 Å². The summed E-state index contributed by atoms with van der Waals surface area (Å²) in [7, 11) is -3.11. The lowest BCUT2D eigenvalue weighted by atomic mass is 9.69. The molecular formula is C38H54INO4Si. The first-order valence-corrected chi connectivity index (χ1v) is 20.0. The van der Waals surface area contributed by atoms with E-state index in [1.165, 1.54) is 19.3 Å². The molecule has 1 fully saturated rings. The van der Waals surface area contributed by atoms with Crippen LogP contribution in [-0.2, 0) is 9.53 Å². The molecule has 1 N–H and O–H groups in total. The van der Waals surface area contributed by atoms with Gasteiger partial charge >= 0.3 is 5.97 Å². The molecule has 5 nitrogen and oxygen atoms in total. The minimum atomic E-state index is -3.11. The van der Waals surface area contributed by atoms with Gasteiger partial charge in [0.1, 0.15) is 11.3 Å². The van der Waals surface area contributed by atoms with Gasteiger partial charge in [0.25, 0.3) is 8.32 Å². The van der Waals surface area contributed by atoms with Crippen molar-refractivity contribution in [1.29, 1.82) is 0 Å². The molecule has 2 aromatic carbocycles. The SMILES string of the molecule is CCC(CC)CC1CC(c2onc(C(CCCC(C)(C)[Si](O)(c3ccccc3)c3ccccc3)CC(=O)OC(C)(C)C)c2I)C1. The first-order chi connectivity index (χ1) is 21.3. The topological polar surface area (TPSA) is 72.6 Å². The number of halogens is 1. The van der Waals surface area contributed by atoms with Crippen LogP contribution in [0.25, 0.3) is 0 Å². The van der Waals surface area contributed by atoms with Crippen LogP contribution in [0.2, 0.25) is 5.04 Å². The van der Waals surface area contributed by atoms with E-state index < -0.39 is 13.9 Å². The molecule has 0 amide bonds. The number of hydrogen-bond acceptors (Lipinski definition) is 5. The molecule has 1 saturated carbocycles. The highest BCUT2D eigenvalue weighted by Crippen LogP contribution is 2.48. The van der Waals surface area contributed by atoms with E-state index >= 15 is 0 Å². The molecule has 4 rings (SSSR count). The second-order valence-corrected chi connectivity index (χ2v) is 19.9. The molecule has 3 aromatic rings. The average molecular weight is 744 g/mol. The van der Waals surface area contributed by atoms with Gasteiger partial charge in [-0.15, -0.1) is 0 Å². The molecule has 246 valence electrons. The summed E-state index contributed by atoms with van der Waals surface area (Å²) in [6.45, 7) is 14.7. The first-order valence-electron chi connectivity index (χ1n) is 17.0. The molecule has 1 atom stereocenters. The van der Waals surface area contributed by atoms with E-state index in [1.54, 1.807) is 0 Å². The van der Waals surface area contributed by atoms with Crippen LogP contribution in [0.3, 0.4) is 0 Å². The molecular weight excluding hydrogens is 689 g/mol. The smallest absolute Gasteiger partial charge is 0.306 e. The molecule has 0 bridgehead atoms. The number of benzene rings is 2. The van der Waals surface area contributed by atoms with Crippen molar-refractivity contribution < 1.29 is 18.9 Å². The largest absolute Gasteiger partial charge is 0.460 e. The van der Waals surface area contributed by atoms with Crippen molar-refractivity contribution in [2.75, 3.05) is 0 Å². The van der Waals surface area contributed by atoms with E-state index in [2.05, 4.69) is 79.7 Å². The Labute approximate surface area is 286 Å². The van der Waals surface area contributed by atoms with Crippen molar-refractivity contribution in [3.8, 4) is 0 Å². The van der Waals surface area contributed by atoms with Crippen LogP contribution < -0.4 is 10.4 Å². The Morgan fingerprint density at radius 1 is 1.00 bits per heavy atom. The van der Waals surface area contributed by atoms with Crippen LogP contribution in [0.4, 0.5) is 0 Å². The van der Waals surface area contributed by atoms with E-state index in [9.17, 15) is 9.59 Å². The van der Waals surface area contributed by atoms with Crippen LogP contribution in [-0.4, -0.2) is 29.8 Å². The van der Waals surface area contributed by atoms with E-state index in [-0.39, 0.29) is 23.3 Å². The molecule has 0 radical (unpaired) electrons. The fourth-order valence-corrected chi connectivity index (χ4v) is 12.1. The van der Waals surface area contributed by atoms with Crippen molar-refractivity contribution in [2.45, 2.75) is 129 Å². The third kappa shape index (κ3) is 8.69. The average Bonchev–Trinajstić information content (AvgIpc) is 3.35. The van der Waals surface area contributed by atoms with Gasteiger partial charge < -0.3 is 14.1 Å². The predicted octanol–water partition coefficient (Wildman–Crippen LogP) is 9.12. The molecule has 0 saturated heterocycles. The second-order valence-electron chi connectivity index (χ2n) is 14.9. The lowest BCUT2D eigenvalue weighted by Gasteiger charge is -2.41. The van der Waals surface area contributed by atoms with Gasteiger partial charge in [-0.3, -0.25) is 4.79 Å². The highest BCUT2D eigenvalue weighted by atomic mass is 127. The lowest BCUT2D eigenvalue weighted by Crippen LogP contribution is -2.65. The number of hydrogen-bond donors (Lipinski definition) is 1. The van der Waals surface area contributed by atoms with Crippen molar-refractivity contribution in [3.63, 3.8) is 0 Å². The van der Waals surface area contributed by atoms with Gasteiger partial charge in [-0.25, -0.2) is 0 Å². The molecule has 7 heteroatoms. The molecule has 1 aliphatic rings. The predicted molar refractivity (Wildman–Crippen MR) is 195 cm³/mol. The number of carbonyl (C=O) groups excluding carboxylic acids is 1. The molecule has 1 aliphatic carbocycles. The fraction of sp³-hybridized carbons (Fsp3) is 0.579. The van der Waals surface area contributed by atoms with Crippen molar-refractivity contribution in [1.82, 2.24) is 5.16 Å². The van der Waals surface area contributed by atoms with Crippen LogP contribution in [0.15, 0.2) is 65.2 Å². The Hall–Kier alpha value is -1.97.